The van der Waals surface area contributed by atoms with Gasteiger partial charge >= 0.3 is 30.0 Å². The van der Waals surface area contributed by atoms with Crippen LogP contribution in [0.25, 0.3) is 0 Å². The maximum absolute atomic E-state index is 13.4. The van der Waals surface area contributed by atoms with Crippen LogP contribution in [0.15, 0.2) is 6.07 Å². The van der Waals surface area contributed by atoms with Crippen molar-refractivity contribution in [3.05, 3.63) is 29.3 Å². The molecule has 0 spiro atoms. The van der Waals surface area contributed by atoms with Gasteiger partial charge in [-0.25, -0.2) is 22.0 Å². The summed E-state index contributed by atoms with van der Waals surface area (Å²) in [5.74, 6) is -18.8. The van der Waals surface area contributed by atoms with Gasteiger partial charge in [0, 0.05) is 6.07 Å². The van der Waals surface area contributed by atoms with E-state index in [1.807, 2.05) is 0 Å². The van der Waals surface area contributed by atoms with Gasteiger partial charge in [0.1, 0.15) is 0 Å². The molecule has 156 valence electrons. The Kier molecular flexibility index (Phi) is 5.33. The molecule has 1 nitrogen and oxygen atoms in total. The van der Waals surface area contributed by atoms with Gasteiger partial charge in [0.05, 0.1) is 5.69 Å². The highest BCUT2D eigenvalue weighted by Gasteiger charge is 2.90. The predicted octanol–water partition coefficient (Wildman–Crippen LogP) is 5.72. The smallest absolute Gasteiger partial charge is 0.319 e. The molecular weight excluding hydrogens is 431 g/mol. The van der Waals surface area contributed by atoms with Crippen molar-refractivity contribution < 1.29 is 65.9 Å². The maximum Gasteiger partial charge on any atom is 0.438 e. The molecule has 1 N–H and O–H groups in total. The lowest BCUT2D eigenvalue weighted by molar-refractivity contribution is -0.423. The van der Waals surface area contributed by atoms with E-state index in [9.17, 15) is 65.9 Å². The maximum atomic E-state index is 13.4. The molecular formula is C11H2F15N. The third-order valence-electron chi connectivity index (χ3n) is 3.00. The lowest BCUT2D eigenvalue weighted by atomic mass is 9.93. The van der Waals surface area contributed by atoms with Crippen molar-refractivity contribution in [1.29, 1.82) is 0 Å². The van der Waals surface area contributed by atoms with Gasteiger partial charge in [0.2, 0.25) is 0 Å². The molecule has 0 heterocycles. The Morgan fingerprint density at radius 1 is 0.593 bits per heavy atom. The molecule has 27 heavy (non-hydrogen) atoms. The Morgan fingerprint density at radius 2 is 1.00 bits per heavy atom. The molecule has 0 amide bonds. The van der Waals surface area contributed by atoms with Crippen LogP contribution in [0.4, 0.5) is 71.5 Å². The minimum absolute atomic E-state index is 0.359. The van der Waals surface area contributed by atoms with Crippen LogP contribution in [0, 0.1) is 23.3 Å². The first-order valence-electron chi connectivity index (χ1n) is 5.91. The SMILES string of the molecule is Fc1cc(NC(F)(F)C(F)(F)C(F)(C(F)(F)F)C(F)(F)F)c(F)c(F)c1F. The molecule has 0 aliphatic heterocycles. The van der Waals surface area contributed by atoms with Crippen LogP contribution in [0.1, 0.15) is 0 Å². The standard InChI is InChI=1S/C11H2F15N/c12-2-1-3(5(14)6(15)4(2)13)27-11(25,26)8(17,18)7(16,9(19,20)21)10(22,23)24/h1,27H. The molecule has 1 rings (SSSR count). The number of nitrogens with one attached hydrogen (secondary N) is 1. The van der Waals surface area contributed by atoms with Gasteiger partial charge in [-0.15, -0.1) is 0 Å². The largest absolute Gasteiger partial charge is 0.438 e. The highest BCUT2D eigenvalue weighted by molar-refractivity contribution is 5.48. The van der Waals surface area contributed by atoms with Crippen molar-refractivity contribution in [1.82, 2.24) is 0 Å². The number of hydrogen-bond acceptors (Lipinski definition) is 1. The van der Waals surface area contributed by atoms with Crippen molar-refractivity contribution in [2.24, 2.45) is 0 Å². The average molecular weight is 433 g/mol. The van der Waals surface area contributed by atoms with Crippen LogP contribution in [0.5, 0.6) is 0 Å². The normalized spacial score (nSPS) is 14.5. The van der Waals surface area contributed by atoms with Gasteiger partial charge < -0.3 is 5.32 Å². The molecule has 0 radical (unpaired) electrons. The van der Waals surface area contributed by atoms with E-state index in [4.69, 9.17) is 0 Å². The van der Waals surface area contributed by atoms with Crippen LogP contribution in [0.2, 0.25) is 0 Å². The molecule has 0 atom stereocenters. The average Bonchev–Trinajstić information content (AvgIpc) is 2.46. The molecule has 0 aliphatic rings. The van der Waals surface area contributed by atoms with Crippen molar-refractivity contribution in [2.75, 3.05) is 5.32 Å². The Morgan fingerprint density at radius 3 is 1.37 bits per heavy atom. The second-order valence-electron chi connectivity index (χ2n) is 4.78. The summed E-state index contributed by atoms with van der Waals surface area (Å²) < 4.78 is 192. The third kappa shape index (κ3) is 3.33. The van der Waals surface area contributed by atoms with Gasteiger partial charge in [-0.1, -0.05) is 0 Å². The second kappa shape index (κ2) is 6.25. The van der Waals surface area contributed by atoms with Crippen molar-refractivity contribution in [3.63, 3.8) is 0 Å². The van der Waals surface area contributed by atoms with Gasteiger partial charge in [-0.2, -0.15) is 43.9 Å². The number of halogens is 15. The molecule has 1 aromatic rings. The first-order valence-corrected chi connectivity index (χ1v) is 5.91. The number of alkyl halides is 11. The highest BCUT2D eigenvalue weighted by Crippen LogP contribution is 2.59. The fraction of sp³-hybridized carbons (Fsp3) is 0.455. The zero-order valence-corrected chi connectivity index (χ0v) is 11.7. The zero-order valence-electron chi connectivity index (χ0n) is 11.7. The first-order chi connectivity index (χ1) is 11.7. The molecule has 0 saturated heterocycles. The predicted molar refractivity (Wildman–Crippen MR) is 55.7 cm³/mol. The van der Waals surface area contributed by atoms with Crippen molar-refractivity contribution >= 4 is 5.69 Å². The molecule has 0 fully saturated rings. The van der Waals surface area contributed by atoms with Crippen LogP contribution in [-0.4, -0.2) is 30.0 Å². The topological polar surface area (TPSA) is 12.0 Å². The molecule has 0 unspecified atom stereocenters. The number of rotatable bonds is 4. The van der Waals surface area contributed by atoms with Crippen LogP contribution in [0.3, 0.4) is 0 Å². The summed E-state index contributed by atoms with van der Waals surface area (Å²) in [4.78, 5) is 0. The van der Waals surface area contributed by atoms with Crippen LogP contribution >= 0.6 is 0 Å². The Labute approximate surface area is 137 Å². The van der Waals surface area contributed by atoms with E-state index in [0.29, 0.717) is 0 Å². The first kappa shape index (κ1) is 23.0. The van der Waals surface area contributed by atoms with Crippen LogP contribution < -0.4 is 5.32 Å². The summed E-state index contributed by atoms with van der Waals surface area (Å²) in [5, 5.41) is -0.359. The summed E-state index contributed by atoms with van der Waals surface area (Å²) >= 11 is 0. The van der Waals surface area contributed by atoms with E-state index in [2.05, 4.69) is 0 Å². The molecule has 0 bridgehead atoms. The van der Waals surface area contributed by atoms with E-state index in [-0.39, 0.29) is 5.32 Å². The minimum Gasteiger partial charge on any atom is -0.319 e. The summed E-state index contributed by atoms with van der Waals surface area (Å²) in [6, 6.07) is -7.75. The van der Waals surface area contributed by atoms with Gasteiger partial charge in [0.15, 0.2) is 23.3 Å². The lowest BCUT2D eigenvalue weighted by Crippen LogP contribution is -2.71. The summed E-state index contributed by atoms with van der Waals surface area (Å²) in [6.07, 6.45) is -15.3. The van der Waals surface area contributed by atoms with E-state index >= 15 is 0 Å². The molecule has 0 aromatic heterocycles. The summed E-state index contributed by atoms with van der Waals surface area (Å²) in [5.41, 5.74) is -10.4. The van der Waals surface area contributed by atoms with E-state index in [1.54, 1.807) is 0 Å². The highest BCUT2D eigenvalue weighted by atomic mass is 19.4. The Hall–Kier alpha value is -2.03. The Bertz CT molecular complexity index is 702. The minimum atomic E-state index is -7.86. The monoisotopic (exact) mass is 433 g/mol. The zero-order chi connectivity index (χ0) is 21.8. The van der Waals surface area contributed by atoms with Gasteiger partial charge in [-0.3, -0.25) is 0 Å². The second-order valence-corrected chi connectivity index (χ2v) is 4.78. The molecule has 1 aromatic carbocycles. The van der Waals surface area contributed by atoms with Crippen molar-refractivity contribution in [2.45, 2.75) is 30.0 Å². The van der Waals surface area contributed by atoms with Gasteiger partial charge in [-0.05, 0) is 0 Å². The molecule has 0 saturated carbocycles. The fourth-order valence-electron chi connectivity index (χ4n) is 1.64. The number of anilines is 1. The van der Waals surface area contributed by atoms with Crippen LogP contribution in [-0.2, 0) is 0 Å². The molecule has 16 heteroatoms. The Balaban J connectivity index is 3.58. The summed E-state index contributed by atoms with van der Waals surface area (Å²) in [6.45, 7) is 0. The van der Waals surface area contributed by atoms with Crippen molar-refractivity contribution in [3.8, 4) is 0 Å². The van der Waals surface area contributed by atoms with Gasteiger partial charge in [0.25, 0.3) is 0 Å². The van der Waals surface area contributed by atoms with E-state index in [0.717, 1.165) is 0 Å². The number of benzene rings is 1. The third-order valence-corrected chi connectivity index (χ3v) is 3.00. The fourth-order valence-corrected chi connectivity index (χ4v) is 1.64. The van der Waals surface area contributed by atoms with E-state index in [1.165, 1.54) is 0 Å². The number of hydrogen-bond donors (Lipinski definition) is 1. The lowest BCUT2D eigenvalue weighted by Gasteiger charge is -2.39. The summed E-state index contributed by atoms with van der Waals surface area (Å²) in [7, 11) is 0. The molecule has 0 aliphatic carbocycles. The quantitative estimate of drug-likeness (QED) is 0.278. The van der Waals surface area contributed by atoms with E-state index < -0.39 is 65.0 Å².